The molecule has 1 rings (SSSR count). The van der Waals surface area contributed by atoms with Crippen LogP contribution in [0.2, 0.25) is 0 Å². The summed E-state index contributed by atoms with van der Waals surface area (Å²) in [5.74, 6) is 0.126. The molecule has 0 radical (unpaired) electrons. The summed E-state index contributed by atoms with van der Waals surface area (Å²) >= 11 is 0. The number of amides is 1. The molecule has 0 aliphatic rings. The van der Waals surface area contributed by atoms with E-state index in [1.54, 1.807) is 12.1 Å². The van der Waals surface area contributed by atoms with E-state index >= 15 is 0 Å². The number of nitrogens with zero attached hydrogens (tertiary/aromatic N) is 2. The Hall–Kier alpha value is -1.64. The molecule has 0 bridgehead atoms. The van der Waals surface area contributed by atoms with Crippen LogP contribution in [0.1, 0.15) is 5.56 Å². The standard InChI is InChI=1S/C15H25N3O4S/c1-12-6-7-14(22-4)13(10-12)16-15(19)11-18(23(5,20)21)9-8-17(2)3/h6-7,10H,8-9,11H2,1-5H3,(H,16,19). The molecular formula is C15H25N3O4S. The molecule has 0 saturated heterocycles. The number of ether oxygens (including phenoxy) is 1. The van der Waals surface area contributed by atoms with E-state index in [2.05, 4.69) is 5.32 Å². The number of sulfonamides is 1. The zero-order chi connectivity index (χ0) is 17.6. The molecule has 0 saturated carbocycles. The van der Waals surface area contributed by atoms with E-state index in [9.17, 15) is 13.2 Å². The molecule has 1 amide bonds. The van der Waals surface area contributed by atoms with Crippen LogP contribution in [0.25, 0.3) is 0 Å². The third kappa shape index (κ3) is 6.55. The molecule has 0 aromatic heterocycles. The summed E-state index contributed by atoms with van der Waals surface area (Å²) in [6.07, 6.45) is 1.10. The van der Waals surface area contributed by atoms with Crippen LogP contribution >= 0.6 is 0 Å². The SMILES string of the molecule is COc1ccc(C)cc1NC(=O)CN(CCN(C)C)S(C)(=O)=O. The van der Waals surface area contributed by atoms with Gasteiger partial charge < -0.3 is 15.0 Å². The van der Waals surface area contributed by atoms with Crippen molar-refractivity contribution in [3.8, 4) is 5.75 Å². The third-order valence-electron chi connectivity index (χ3n) is 3.21. The molecule has 0 unspecified atom stereocenters. The minimum absolute atomic E-state index is 0.232. The lowest BCUT2D eigenvalue weighted by Gasteiger charge is -2.21. The quantitative estimate of drug-likeness (QED) is 0.754. The number of anilines is 1. The number of aryl methyl sites for hydroxylation is 1. The summed E-state index contributed by atoms with van der Waals surface area (Å²) in [6, 6.07) is 5.40. The maximum atomic E-state index is 12.2. The Kier molecular flexibility index (Phi) is 6.99. The van der Waals surface area contributed by atoms with Gasteiger partial charge in [0.15, 0.2) is 0 Å². The molecule has 1 aromatic rings. The minimum atomic E-state index is -3.46. The van der Waals surface area contributed by atoms with Crippen molar-refractivity contribution < 1.29 is 17.9 Å². The molecule has 0 aliphatic heterocycles. The molecule has 1 aromatic carbocycles. The van der Waals surface area contributed by atoms with Crippen molar-refractivity contribution >= 4 is 21.6 Å². The molecule has 0 fully saturated rings. The van der Waals surface area contributed by atoms with Crippen LogP contribution in [0.5, 0.6) is 5.75 Å². The summed E-state index contributed by atoms with van der Waals surface area (Å²) in [6.45, 7) is 2.46. The summed E-state index contributed by atoms with van der Waals surface area (Å²) in [5, 5.41) is 2.71. The van der Waals surface area contributed by atoms with Crippen molar-refractivity contribution in [2.45, 2.75) is 6.92 Å². The average molecular weight is 343 g/mol. The van der Waals surface area contributed by atoms with Crippen molar-refractivity contribution in [1.82, 2.24) is 9.21 Å². The van der Waals surface area contributed by atoms with Crippen LogP contribution < -0.4 is 10.1 Å². The maximum Gasteiger partial charge on any atom is 0.239 e. The number of benzene rings is 1. The predicted molar refractivity (Wildman–Crippen MR) is 91.3 cm³/mol. The monoisotopic (exact) mass is 343 g/mol. The Morgan fingerprint density at radius 2 is 1.91 bits per heavy atom. The Bertz CT molecular complexity index is 644. The molecule has 0 heterocycles. The van der Waals surface area contributed by atoms with Gasteiger partial charge in [-0.3, -0.25) is 4.79 Å². The predicted octanol–water partition coefficient (Wildman–Crippen LogP) is 0.765. The van der Waals surface area contributed by atoms with Crippen molar-refractivity contribution in [1.29, 1.82) is 0 Å². The van der Waals surface area contributed by atoms with E-state index in [4.69, 9.17) is 4.74 Å². The van der Waals surface area contributed by atoms with Crippen LogP contribution in [0.4, 0.5) is 5.69 Å². The highest BCUT2D eigenvalue weighted by Crippen LogP contribution is 2.25. The fourth-order valence-electron chi connectivity index (χ4n) is 1.94. The number of methoxy groups -OCH3 is 1. The van der Waals surface area contributed by atoms with Crippen LogP contribution in [-0.2, 0) is 14.8 Å². The average Bonchev–Trinajstić information content (AvgIpc) is 2.42. The smallest absolute Gasteiger partial charge is 0.239 e. The first-order chi connectivity index (χ1) is 10.6. The topological polar surface area (TPSA) is 79.0 Å². The molecule has 0 atom stereocenters. The lowest BCUT2D eigenvalue weighted by atomic mass is 10.2. The largest absolute Gasteiger partial charge is 0.495 e. The number of nitrogens with one attached hydrogen (secondary N) is 1. The normalized spacial score (nSPS) is 11.8. The van der Waals surface area contributed by atoms with Gasteiger partial charge in [-0.1, -0.05) is 6.07 Å². The van der Waals surface area contributed by atoms with E-state index in [-0.39, 0.29) is 13.1 Å². The molecule has 0 aliphatic carbocycles. The Morgan fingerprint density at radius 3 is 2.43 bits per heavy atom. The first-order valence-electron chi connectivity index (χ1n) is 7.18. The molecule has 23 heavy (non-hydrogen) atoms. The number of hydrogen-bond donors (Lipinski definition) is 1. The molecule has 1 N–H and O–H groups in total. The van der Waals surface area contributed by atoms with Crippen LogP contribution in [0.3, 0.4) is 0 Å². The minimum Gasteiger partial charge on any atom is -0.495 e. The molecule has 130 valence electrons. The number of likely N-dealkylation sites (N-methyl/N-ethyl adjacent to an activating group) is 1. The van der Waals surface area contributed by atoms with Crippen molar-refractivity contribution in [2.75, 3.05) is 52.4 Å². The lowest BCUT2D eigenvalue weighted by molar-refractivity contribution is -0.116. The van der Waals surface area contributed by atoms with E-state index < -0.39 is 15.9 Å². The van der Waals surface area contributed by atoms with Gasteiger partial charge in [-0.05, 0) is 38.7 Å². The molecule has 8 heteroatoms. The number of hydrogen-bond acceptors (Lipinski definition) is 5. The lowest BCUT2D eigenvalue weighted by Crippen LogP contribution is -2.41. The van der Waals surface area contributed by atoms with Crippen LogP contribution in [0.15, 0.2) is 18.2 Å². The van der Waals surface area contributed by atoms with Crippen LogP contribution in [-0.4, -0.2) is 70.6 Å². The van der Waals surface area contributed by atoms with Gasteiger partial charge in [0.2, 0.25) is 15.9 Å². The molecule has 7 nitrogen and oxygen atoms in total. The zero-order valence-corrected chi connectivity index (χ0v) is 15.1. The number of rotatable bonds is 8. The second kappa shape index (κ2) is 8.28. The Balaban J connectivity index is 2.82. The first kappa shape index (κ1) is 19.4. The van der Waals surface area contributed by atoms with Gasteiger partial charge in [-0.25, -0.2) is 8.42 Å². The van der Waals surface area contributed by atoms with Gasteiger partial charge in [0.25, 0.3) is 0 Å². The highest BCUT2D eigenvalue weighted by molar-refractivity contribution is 7.88. The summed E-state index contributed by atoms with van der Waals surface area (Å²) in [7, 11) is 1.75. The second-order valence-corrected chi connectivity index (χ2v) is 7.63. The van der Waals surface area contributed by atoms with Gasteiger partial charge >= 0.3 is 0 Å². The third-order valence-corrected chi connectivity index (χ3v) is 4.46. The van der Waals surface area contributed by atoms with Crippen molar-refractivity contribution in [3.63, 3.8) is 0 Å². The maximum absolute atomic E-state index is 12.2. The van der Waals surface area contributed by atoms with Crippen molar-refractivity contribution in [2.24, 2.45) is 0 Å². The van der Waals surface area contributed by atoms with E-state index in [1.165, 1.54) is 7.11 Å². The van der Waals surface area contributed by atoms with Crippen molar-refractivity contribution in [3.05, 3.63) is 23.8 Å². The fourth-order valence-corrected chi connectivity index (χ4v) is 2.71. The number of carbonyl (C=O) groups is 1. The molecular weight excluding hydrogens is 318 g/mol. The fraction of sp³-hybridized carbons (Fsp3) is 0.533. The van der Waals surface area contributed by atoms with Gasteiger partial charge in [0.05, 0.1) is 25.6 Å². The highest BCUT2D eigenvalue weighted by Gasteiger charge is 2.20. The van der Waals surface area contributed by atoms with E-state index in [0.717, 1.165) is 16.1 Å². The zero-order valence-electron chi connectivity index (χ0n) is 14.3. The Labute approximate surface area is 138 Å². The summed E-state index contributed by atoms with van der Waals surface area (Å²) in [5.41, 5.74) is 1.49. The summed E-state index contributed by atoms with van der Waals surface area (Å²) < 4.78 is 30.0. The van der Waals surface area contributed by atoms with Gasteiger partial charge in [-0.15, -0.1) is 0 Å². The second-order valence-electron chi connectivity index (χ2n) is 5.65. The van der Waals surface area contributed by atoms with Gasteiger partial charge in [0, 0.05) is 13.1 Å². The molecule has 0 spiro atoms. The first-order valence-corrected chi connectivity index (χ1v) is 9.02. The van der Waals surface area contributed by atoms with Crippen LogP contribution in [0, 0.1) is 6.92 Å². The van der Waals surface area contributed by atoms with Gasteiger partial charge in [-0.2, -0.15) is 4.31 Å². The number of carbonyl (C=O) groups excluding carboxylic acids is 1. The van der Waals surface area contributed by atoms with E-state index in [0.29, 0.717) is 18.0 Å². The Morgan fingerprint density at radius 1 is 1.26 bits per heavy atom. The summed E-state index contributed by atoms with van der Waals surface area (Å²) in [4.78, 5) is 14.1. The van der Waals surface area contributed by atoms with E-state index in [1.807, 2.05) is 32.0 Å². The van der Waals surface area contributed by atoms with Gasteiger partial charge in [0.1, 0.15) is 5.75 Å². The highest BCUT2D eigenvalue weighted by atomic mass is 32.2.